The molecule has 0 aromatic carbocycles. The molecule has 0 fully saturated rings. The Morgan fingerprint density at radius 2 is 0.933 bits per heavy atom. The Labute approximate surface area is 116 Å². The molecule has 0 radical (unpaired) electrons. The maximum Gasteiger partial charge on any atom is 4.00 e. The minimum absolute atomic E-state index is 0. The van der Waals surface area contributed by atoms with Crippen molar-refractivity contribution < 1.29 is 37.2 Å². The van der Waals surface area contributed by atoms with Crippen LogP contribution in [0, 0.1) is 25.7 Å². The number of hydrogen-bond donors (Lipinski definition) is 0. The first-order chi connectivity index (χ1) is 5.54. The Bertz CT molecular complexity index is 66.0. The van der Waals surface area contributed by atoms with Gasteiger partial charge in [-0.3, -0.25) is 0 Å². The largest absolute Gasteiger partial charge is 4.00 e. The van der Waals surface area contributed by atoms with Crippen molar-refractivity contribution in [2.45, 2.75) is 53.4 Å². The molecule has 92 valence electrons. The van der Waals surface area contributed by atoms with E-state index in [4.69, 9.17) is 0 Å². The third-order valence-electron chi connectivity index (χ3n) is 1.56. The normalized spacial score (nSPS) is 8.00. The van der Waals surface area contributed by atoms with Gasteiger partial charge in [0, 0.05) is 0 Å². The Morgan fingerprint density at radius 3 is 0.933 bits per heavy atom. The van der Waals surface area contributed by atoms with E-state index in [0.29, 0.717) is 0 Å². The molecule has 0 saturated heterocycles. The molecule has 0 unspecified atom stereocenters. The summed E-state index contributed by atoms with van der Waals surface area (Å²) in [4.78, 5) is 0. The van der Waals surface area contributed by atoms with E-state index in [2.05, 4.69) is 41.5 Å². The van der Waals surface area contributed by atoms with Gasteiger partial charge in [-0.1, -0.05) is 40.5 Å². The van der Waals surface area contributed by atoms with Crippen LogP contribution in [0.2, 0.25) is 0 Å². The fourth-order valence-electron chi connectivity index (χ4n) is 0.816. The van der Waals surface area contributed by atoms with Crippen LogP contribution in [-0.2, 0) is 26.2 Å². The summed E-state index contributed by atoms with van der Waals surface area (Å²) in [6.07, 6.45) is 4.69. The van der Waals surface area contributed by atoms with Gasteiger partial charge in [-0.15, -0.1) is 0 Å². The molecule has 0 amide bonds. The summed E-state index contributed by atoms with van der Waals surface area (Å²) in [5, 5.41) is 0. The summed E-state index contributed by atoms with van der Waals surface area (Å²) in [6.45, 7) is 16.3. The topological polar surface area (TPSA) is 60.0 Å². The zero-order chi connectivity index (χ0) is 9.98. The Kier molecular flexibility index (Phi) is 47.8. The van der Waals surface area contributed by atoms with Crippen molar-refractivity contribution in [3.8, 4) is 0 Å². The van der Waals surface area contributed by atoms with Crippen molar-refractivity contribution in [1.82, 2.24) is 0 Å². The van der Waals surface area contributed by atoms with Crippen LogP contribution in [0.5, 0.6) is 0 Å². The first kappa shape index (κ1) is 29.7. The molecule has 0 aliphatic heterocycles. The second-order valence-corrected chi connectivity index (χ2v) is 4.07. The molecule has 0 aromatic rings. The molecule has 3 heteroatoms. The molecule has 0 aliphatic rings. The second kappa shape index (κ2) is 24.2. The summed E-state index contributed by atoms with van der Waals surface area (Å²) in [5.41, 5.74) is 0. The maximum absolute atomic E-state index is 3.73. The van der Waals surface area contributed by atoms with Gasteiger partial charge in [0.25, 0.3) is 0 Å². The molecule has 2 nitrogen and oxygen atoms in total. The van der Waals surface area contributed by atoms with Crippen LogP contribution in [0.15, 0.2) is 0 Å². The van der Waals surface area contributed by atoms with Gasteiger partial charge in [-0.25, -0.2) is 0 Å². The smallest absolute Gasteiger partial charge is 0.870 e. The van der Waals surface area contributed by atoms with Gasteiger partial charge in [0.15, 0.2) is 0 Å². The van der Waals surface area contributed by atoms with Crippen LogP contribution in [-0.4, -0.2) is 11.0 Å². The Hall–Kier alpha value is 0.803. The maximum atomic E-state index is 3.73. The van der Waals surface area contributed by atoms with Crippen molar-refractivity contribution in [3.05, 3.63) is 13.8 Å². The van der Waals surface area contributed by atoms with E-state index in [1.165, 1.54) is 12.8 Å². The van der Waals surface area contributed by atoms with Crippen molar-refractivity contribution >= 4 is 0 Å². The van der Waals surface area contributed by atoms with Crippen LogP contribution in [0.3, 0.4) is 0 Å². The zero-order valence-corrected chi connectivity index (χ0v) is 13.2. The SMILES string of the molecule is [CH2-]CCC(C)C.[CH2-]CCC(C)C.[OH-].[OH-].[Zr+4]. The van der Waals surface area contributed by atoms with Crippen LogP contribution in [0.1, 0.15) is 53.4 Å². The van der Waals surface area contributed by atoms with E-state index < -0.39 is 0 Å². The average Bonchev–Trinajstić information content (AvgIpc) is 1.87. The molecular formula is C12H28O2Zr. The van der Waals surface area contributed by atoms with Gasteiger partial charge < -0.3 is 24.8 Å². The molecule has 15 heavy (non-hydrogen) atoms. The monoisotopic (exact) mass is 294 g/mol. The van der Waals surface area contributed by atoms with Crippen LogP contribution in [0.4, 0.5) is 0 Å². The predicted molar refractivity (Wildman–Crippen MR) is 62.7 cm³/mol. The number of rotatable bonds is 4. The molecule has 0 heterocycles. The quantitative estimate of drug-likeness (QED) is 0.731. The first-order valence-electron chi connectivity index (χ1n) is 5.13. The van der Waals surface area contributed by atoms with E-state index in [0.717, 1.165) is 24.7 Å². The van der Waals surface area contributed by atoms with E-state index >= 15 is 0 Å². The van der Waals surface area contributed by atoms with Gasteiger partial charge in [0.2, 0.25) is 0 Å². The van der Waals surface area contributed by atoms with Gasteiger partial charge in [-0.05, 0) is 11.8 Å². The zero-order valence-electron chi connectivity index (χ0n) is 10.8. The molecular weight excluding hydrogens is 267 g/mol. The molecule has 0 spiro atoms. The molecule has 0 saturated carbocycles. The van der Waals surface area contributed by atoms with Crippen LogP contribution >= 0.6 is 0 Å². The summed E-state index contributed by atoms with van der Waals surface area (Å²) < 4.78 is 0. The molecule has 0 bridgehead atoms. The fourth-order valence-corrected chi connectivity index (χ4v) is 0.816. The average molecular weight is 296 g/mol. The summed E-state index contributed by atoms with van der Waals surface area (Å²) in [6, 6.07) is 0. The van der Waals surface area contributed by atoms with Gasteiger partial charge in [0.05, 0.1) is 0 Å². The fraction of sp³-hybridized carbons (Fsp3) is 0.833. The van der Waals surface area contributed by atoms with E-state index in [-0.39, 0.29) is 37.2 Å². The first-order valence-corrected chi connectivity index (χ1v) is 5.13. The van der Waals surface area contributed by atoms with Crippen LogP contribution < -0.4 is 0 Å². The van der Waals surface area contributed by atoms with E-state index in [9.17, 15) is 0 Å². The van der Waals surface area contributed by atoms with Gasteiger partial charge in [-0.2, -0.15) is 12.8 Å². The van der Waals surface area contributed by atoms with E-state index in [1.807, 2.05) is 0 Å². The summed E-state index contributed by atoms with van der Waals surface area (Å²) in [5.74, 6) is 1.67. The van der Waals surface area contributed by atoms with Crippen molar-refractivity contribution in [2.24, 2.45) is 11.8 Å². The minimum atomic E-state index is 0. The molecule has 0 aromatic heterocycles. The molecule has 0 atom stereocenters. The van der Waals surface area contributed by atoms with Crippen molar-refractivity contribution in [3.63, 3.8) is 0 Å². The predicted octanol–water partition coefficient (Wildman–Crippen LogP) is 4.16. The Morgan fingerprint density at radius 1 is 0.733 bits per heavy atom. The molecule has 0 aliphatic carbocycles. The third-order valence-corrected chi connectivity index (χ3v) is 1.56. The van der Waals surface area contributed by atoms with Gasteiger partial charge in [0.1, 0.15) is 0 Å². The second-order valence-electron chi connectivity index (χ2n) is 4.07. The van der Waals surface area contributed by atoms with Crippen molar-refractivity contribution in [1.29, 1.82) is 0 Å². The summed E-state index contributed by atoms with van der Waals surface area (Å²) >= 11 is 0. The minimum Gasteiger partial charge on any atom is -0.870 e. The van der Waals surface area contributed by atoms with Crippen LogP contribution in [0.25, 0.3) is 0 Å². The molecule has 2 N–H and O–H groups in total. The van der Waals surface area contributed by atoms with Gasteiger partial charge >= 0.3 is 26.2 Å². The van der Waals surface area contributed by atoms with E-state index in [1.54, 1.807) is 0 Å². The Balaban J connectivity index is -0.0000000370. The standard InChI is InChI=1S/2C6H13.2H2O.Zr/c2*1-4-5-6(2)3;;;/h2*6H,1,4-5H2,2-3H3;2*1H2;/q2*-1;;;+4/p-2. The van der Waals surface area contributed by atoms with Crippen molar-refractivity contribution in [2.75, 3.05) is 0 Å². The third kappa shape index (κ3) is 52.4. The summed E-state index contributed by atoms with van der Waals surface area (Å²) in [7, 11) is 0. The molecule has 0 rings (SSSR count). The number of hydrogen-bond acceptors (Lipinski definition) is 2.